The van der Waals surface area contributed by atoms with E-state index in [1.54, 1.807) is 24.3 Å². The summed E-state index contributed by atoms with van der Waals surface area (Å²) in [5.41, 5.74) is 1.73. The summed E-state index contributed by atoms with van der Waals surface area (Å²) in [4.78, 5) is 12.8. The molecule has 0 aliphatic heterocycles. The first-order chi connectivity index (χ1) is 10.7. The second-order valence-corrected chi connectivity index (χ2v) is 5.82. The smallest absolute Gasteiger partial charge is 0.200 e. The average Bonchev–Trinajstić information content (AvgIpc) is 2.54. The minimum Gasteiger partial charge on any atom is -0.460 e. The minimum absolute atomic E-state index is 0.0713. The van der Waals surface area contributed by atoms with E-state index < -0.39 is 0 Å². The first-order valence-electron chi connectivity index (χ1n) is 7.07. The standard InChI is InChI=1S/C18H14BrFO2/c19-11-3-6-16-17(12-7-9-13(20)10-8-12)18(21)14-4-1-2-5-15(14)22-16/h1-2,4-5,7-10H,3,6,11H2. The zero-order chi connectivity index (χ0) is 15.5. The van der Waals surface area contributed by atoms with Crippen LogP contribution in [0.4, 0.5) is 4.39 Å². The van der Waals surface area contributed by atoms with Gasteiger partial charge in [0, 0.05) is 11.8 Å². The lowest BCUT2D eigenvalue weighted by atomic mass is 10.00. The summed E-state index contributed by atoms with van der Waals surface area (Å²) >= 11 is 3.40. The van der Waals surface area contributed by atoms with E-state index in [-0.39, 0.29) is 11.2 Å². The summed E-state index contributed by atoms with van der Waals surface area (Å²) in [6, 6.07) is 13.2. The van der Waals surface area contributed by atoms with E-state index in [1.165, 1.54) is 12.1 Å². The molecule has 112 valence electrons. The number of halogens is 2. The van der Waals surface area contributed by atoms with Gasteiger partial charge >= 0.3 is 0 Å². The molecule has 0 unspecified atom stereocenters. The zero-order valence-corrected chi connectivity index (χ0v) is 13.4. The van der Waals surface area contributed by atoms with Crippen LogP contribution in [0.2, 0.25) is 0 Å². The fraction of sp³-hybridized carbons (Fsp3) is 0.167. The Balaban J connectivity index is 2.27. The summed E-state index contributed by atoms with van der Waals surface area (Å²) < 4.78 is 19.1. The van der Waals surface area contributed by atoms with Gasteiger partial charge in [-0.15, -0.1) is 0 Å². The maximum Gasteiger partial charge on any atom is 0.200 e. The Morgan fingerprint density at radius 1 is 1.05 bits per heavy atom. The van der Waals surface area contributed by atoms with Gasteiger partial charge in [0.25, 0.3) is 0 Å². The molecule has 2 nitrogen and oxygen atoms in total. The van der Waals surface area contributed by atoms with Gasteiger partial charge in [-0.1, -0.05) is 40.2 Å². The second-order valence-electron chi connectivity index (χ2n) is 5.02. The molecule has 0 atom stereocenters. The third-order valence-corrected chi connectivity index (χ3v) is 4.10. The largest absolute Gasteiger partial charge is 0.460 e. The molecule has 0 saturated heterocycles. The highest BCUT2D eigenvalue weighted by Crippen LogP contribution is 2.26. The van der Waals surface area contributed by atoms with Gasteiger partial charge in [0.05, 0.1) is 10.9 Å². The number of aryl methyl sites for hydroxylation is 1. The van der Waals surface area contributed by atoms with Crippen LogP contribution >= 0.6 is 15.9 Å². The fourth-order valence-corrected chi connectivity index (χ4v) is 2.78. The van der Waals surface area contributed by atoms with Gasteiger partial charge in [-0.05, 0) is 36.2 Å². The van der Waals surface area contributed by atoms with Crippen molar-refractivity contribution < 1.29 is 8.81 Å². The maximum atomic E-state index is 13.2. The van der Waals surface area contributed by atoms with Gasteiger partial charge in [-0.3, -0.25) is 4.79 Å². The van der Waals surface area contributed by atoms with Crippen molar-refractivity contribution in [3.63, 3.8) is 0 Å². The molecule has 2 aromatic carbocycles. The lowest BCUT2D eigenvalue weighted by molar-refractivity contribution is 0.535. The van der Waals surface area contributed by atoms with Gasteiger partial charge in [-0.2, -0.15) is 0 Å². The Bertz CT molecular complexity index is 853. The lowest BCUT2D eigenvalue weighted by Gasteiger charge is -2.10. The monoisotopic (exact) mass is 360 g/mol. The predicted octanol–water partition coefficient (Wildman–Crippen LogP) is 4.93. The van der Waals surface area contributed by atoms with Gasteiger partial charge < -0.3 is 4.42 Å². The Morgan fingerprint density at radius 3 is 2.50 bits per heavy atom. The normalized spacial score (nSPS) is 11.0. The molecule has 0 aliphatic rings. The summed E-state index contributed by atoms with van der Waals surface area (Å²) in [5, 5.41) is 1.37. The molecule has 1 aromatic heterocycles. The molecule has 1 heterocycles. The molecule has 0 saturated carbocycles. The van der Waals surface area contributed by atoms with E-state index in [2.05, 4.69) is 15.9 Å². The third-order valence-electron chi connectivity index (χ3n) is 3.54. The highest BCUT2D eigenvalue weighted by Gasteiger charge is 2.15. The van der Waals surface area contributed by atoms with Crippen molar-refractivity contribution in [2.45, 2.75) is 12.8 Å². The molecule has 22 heavy (non-hydrogen) atoms. The van der Waals surface area contributed by atoms with Crippen LogP contribution in [-0.2, 0) is 6.42 Å². The molecular weight excluding hydrogens is 347 g/mol. The third kappa shape index (κ3) is 2.83. The molecule has 0 amide bonds. The Morgan fingerprint density at radius 2 is 1.77 bits per heavy atom. The molecule has 0 N–H and O–H groups in total. The van der Waals surface area contributed by atoms with E-state index in [1.807, 2.05) is 12.1 Å². The number of benzene rings is 2. The molecule has 4 heteroatoms. The SMILES string of the molecule is O=c1c(-c2ccc(F)cc2)c(CCCBr)oc2ccccc12. The first-order valence-corrected chi connectivity index (χ1v) is 8.19. The summed E-state index contributed by atoms with van der Waals surface area (Å²) in [6.07, 6.45) is 1.51. The van der Waals surface area contributed by atoms with Crippen molar-refractivity contribution in [2.75, 3.05) is 5.33 Å². The Kier molecular flexibility index (Phi) is 4.39. The summed E-state index contributed by atoms with van der Waals surface area (Å²) in [7, 11) is 0. The van der Waals surface area contributed by atoms with Crippen molar-refractivity contribution in [1.29, 1.82) is 0 Å². The molecule has 0 radical (unpaired) electrons. The lowest BCUT2D eigenvalue weighted by Crippen LogP contribution is -2.09. The quantitative estimate of drug-likeness (QED) is 0.617. The van der Waals surface area contributed by atoms with Gasteiger partial charge in [-0.25, -0.2) is 4.39 Å². The van der Waals surface area contributed by atoms with Crippen LogP contribution in [0.25, 0.3) is 22.1 Å². The molecule has 3 aromatic rings. The Hall–Kier alpha value is -1.94. The molecule has 0 fully saturated rings. The number of rotatable bonds is 4. The number of fused-ring (bicyclic) bond motifs is 1. The van der Waals surface area contributed by atoms with Crippen LogP contribution in [0.15, 0.2) is 57.7 Å². The van der Waals surface area contributed by atoms with Gasteiger partial charge in [0.15, 0.2) is 0 Å². The topological polar surface area (TPSA) is 30.2 Å². The van der Waals surface area contributed by atoms with Crippen LogP contribution in [0.5, 0.6) is 0 Å². The number of alkyl halides is 1. The molecular formula is C18H14BrFO2. The molecule has 0 aliphatic carbocycles. The minimum atomic E-state index is -0.323. The Labute approximate surface area is 135 Å². The summed E-state index contributed by atoms with van der Waals surface area (Å²) in [6.45, 7) is 0. The van der Waals surface area contributed by atoms with E-state index >= 15 is 0 Å². The number of hydrogen-bond donors (Lipinski definition) is 0. The van der Waals surface area contributed by atoms with Crippen molar-refractivity contribution in [1.82, 2.24) is 0 Å². The predicted molar refractivity (Wildman–Crippen MR) is 90.0 cm³/mol. The second kappa shape index (κ2) is 6.44. The van der Waals surface area contributed by atoms with Crippen molar-refractivity contribution in [3.05, 3.63) is 70.3 Å². The first kappa shape index (κ1) is 15.0. The van der Waals surface area contributed by atoms with Crippen LogP contribution in [0.1, 0.15) is 12.2 Å². The van der Waals surface area contributed by atoms with Crippen LogP contribution in [-0.4, -0.2) is 5.33 Å². The van der Waals surface area contributed by atoms with Crippen molar-refractivity contribution in [3.8, 4) is 11.1 Å². The van der Waals surface area contributed by atoms with Crippen LogP contribution < -0.4 is 5.43 Å². The van der Waals surface area contributed by atoms with Gasteiger partial charge in [0.1, 0.15) is 17.2 Å². The highest BCUT2D eigenvalue weighted by atomic mass is 79.9. The number of para-hydroxylation sites is 1. The zero-order valence-electron chi connectivity index (χ0n) is 11.8. The molecule has 0 spiro atoms. The maximum absolute atomic E-state index is 13.2. The summed E-state index contributed by atoms with van der Waals surface area (Å²) in [5.74, 6) is 0.325. The van der Waals surface area contributed by atoms with Crippen molar-refractivity contribution in [2.24, 2.45) is 0 Å². The van der Waals surface area contributed by atoms with Crippen LogP contribution in [0, 0.1) is 5.82 Å². The van der Waals surface area contributed by atoms with Crippen molar-refractivity contribution >= 4 is 26.9 Å². The highest BCUT2D eigenvalue weighted by molar-refractivity contribution is 9.09. The van der Waals surface area contributed by atoms with E-state index in [0.717, 1.165) is 11.8 Å². The van der Waals surface area contributed by atoms with E-state index in [9.17, 15) is 9.18 Å². The van der Waals surface area contributed by atoms with E-state index in [0.29, 0.717) is 34.3 Å². The number of hydrogen-bond acceptors (Lipinski definition) is 2. The van der Waals surface area contributed by atoms with Gasteiger partial charge in [0.2, 0.25) is 5.43 Å². The molecule has 3 rings (SSSR count). The molecule has 0 bridgehead atoms. The average molecular weight is 361 g/mol. The fourth-order valence-electron chi connectivity index (χ4n) is 2.50. The van der Waals surface area contributed by atoms with E-state index in [4.69, 9.17) is 4.42 Å². The van der Waals surface area contributed by atoms with Crippen LogP contribution in [0.3, 0.4) is 0 Å².